The molecule has 3 aromatic rings. The molecule has 1 aromatic heterocycles. The summed E-state index contributed by atoms with van der Waals surface area (Å²) < 4.78 is 12.6. The molecular weight excluding hydrogens is 360 g/mol. The van der Waals surface area contributed by atoms with Crippen molar-refractivity contribution >= 4 is 22.7 Å². The van der Waals surface area contributed by atoms with Gasteiger partial charge in [-0.1, -0.05) is 30.0 Å². The summed E-state index contributed by atoms with van der Waals surface area (Å²) in [4.78, 5) is 18.1. The van der Waals surface area contributed by atoms with Crippen molar-refractivity contribution in [1.82, 2.24) is 9.55 Å². The average Bonchev–Trinajstić information content (AvgIpc) is 2.66. The van der Waals surface area contributed by atoms with E-state index in [1.165, 1.54) is 0 Å². The Morgan fingerprint density at radius 3 is 2.70 bits per heavy atom. The Hall–Kier alpha value is -2.15. The molecule has 1 aliphatic heterocycles. The number of ether oxygens (including phenoxy) is 2. The molecule has 0 spiro atoms. The number of thioether (sulfide) groups is 1. The Morgan fingerprint density at radius 1 is 1.19 bits per heavy atom. The standard InChI is InChI=1S/C21H22N2O3S/c1-14-9-15(2)11-16(10-14)23-20(24)18-5-3-4-6-19(18)22-21(23)27-12-17-7-8-25-13-26-17/h3-6,9-11,17H,7-8,12-13H2,1-2H3/t17-/m0/s1. The van der Waals surface area contributed by atoms with E-state index in [-0.39, 0.29) is 11.7 Å². The Kier molecular flexibility index (Phi) is 5.29. The predicted octanol–water partition coefficient (Wildman–Crippen LogP) is 3.86. The summed E-state index contributed by atoms with van der Waals surface area (Å²) in [6.07, 6.45) is 0.966. The Morgan fingerprint density at radius 2 is 1.96 bits per heavy atom. The van der Waals surface area contributed by atoms with E-state index in [9.17, 15) is 4.79 Å². The monoisotopic (exact) mass is 382 g/mol. The highest BCUT2D eigenvalue weighted by Crippen LogP contribution is 2.25. The van der Waals surface area contributed by atoms with Gasteiger partial charge in [0.2, 0.25) is 0 Å². The van der Waals surface area contributed by atoms with Crippen LogP contribution in [-0.4, -0.2) is 34.8 Å². The molecule has 2 aromatic carbocycles. The number of hydrogen-bond donors (Lipinski definition) is 0. The van der Waals surface area contributed by atoms with Crippen LogP contribution < -0.4 is 5.56 Å². The second-order valence-corrected chi connectivity index (χ2v) is 7.80. The summed E-state index contributed by atoms with van der Waals surface area (Å²) in [5.74, 6) is 0.735. The van der Waals surface area contributed by atoms with Crippen molar-refractivity contribution in [3.63, 3.8) is 0 Å². The molecule has 0 unspecified atom stereocenters. The number of nitrogens with zero attached hydrogens (tertiary/aromatic N) is 2. The number of aryl methyl sites for hydroxylation is 2. The zero-order valence-corrected chi connectivity index (χ0v) is 16.3. The van der Waals surface area contributed by atoms with Crippen LogP contribution in [0.5, 0.6) is 0 Å². The van der Waals surface area contributed by atoms with Crippen molar-refractivity contribution in [2.75, 3.05) is 19.2 Å². The van der Waals surface area contributed by atoms with Crippen LogP contribution in [0, 0.1) is 13.8 Å². The molecule has 0 N–H and O–H groups in total. The van der Waals surface area contributed by atoms with Crippen LogP contribution in [-0.2, 0) is 9.47 Å². The average molecular weight is 382 g/mol. The lowest BCUT2D eigenvalue weighted by molar-refractivity contribution is -0.130. The lowest BCUT2D eigenvalue weighted by Crippen LogP contribution is -2.27. The van der Waals surface area contributed by atoms with Crippen LogP contribution in [0.3, 0.4) is 0 Å². The predicted molar refractivity (Wildman–Crippen MR) is 108 cm³/mol. The Balaban J connectivity index is 1.81. The van der Waals surface area contributed by atoms with Crippen LogP contribution in [0.1, 0.15) is 17.5 Å². The van der Waals surface area contributed by atoms with Gasteiger partial charge in [-0.25, -0.2) is 4.98 Å². The molecule has 1 aliphatic rings. The van der Waals surface area contributed by atoms with E-state index >= 15 is 0 Å². The molecule has 0 amide bonds. The minimum atomic E-state index is -0.0407. The van der Waals surface area contributed by atoms with Gasteiger partial charge in [0.05, 0.1) is 29.3 Å². The first-order valence-electron chi connectivity index (χ1n) is 9.04. The fourth-order valence-corrected chi connectivity index (χ4v) is 4.40. The molecular formula is C21H22N2O3S. The Bertz CT molecular complexity index is 1010. The summed E-state index contributed by atoms with van der Waals surface area (Å²) in [5, 5.41) is 1.32. The van der Waals surface area contributed by atoms with Gasteiger partial charge in [-0.3, -0.25) is 9.36 Å². The zero-order chi connectivity index (χ0) is 18.8. The van der Waals surface area contributed by atoms with Gasteiger partial charge in [-0.15, -0.1) is 0 Å². The Labute approximate surface area is 162 Å². The van der Waals surface area contributed by atoms with E-state index in [0.717, 1.165) is 34.5 Å². The van der Waals surface area contributed by atoms with Crippen molar-refractivity contribution in [3.05, 3.63) is 63.9 Å². The highest BCUT2D eigenvalue weighted by Gasteiger charge is 2.18. The molecule has 140 valence electrons. The largest absolute Gasteiger partial charge is 0.355 e. The number of hydrogen-bond acceptors (Lipinski definition) is 5. The first kappa shape index (κ1) is 18.2. The summed E-state index contributed by atoms with van der Waals surface area (Å²) in [7, 11) is 0. The third-order valence-corrected chi connectivity index (χ3v) is 5.65. The van der Waals surface area contributed by atoms with Crippen molar-refractivity contribution in [1.29, 1.82) is 0 Å². The highest BCUT2D eigenvalue weighted by atomic mass is 32.2. The van der Waals surface area contributed by atoms with E-state index in [4.69, 9.17) is 14.5 Å². The molecule has 1 fully saturated rings. The smallest absolute Gasteiger partial charge is 0.266 e. The fourth-order valence-electron chi connectivity index (χ4n) is 3.32. The van der Waals surface area contributed by atoms with Gasteiger partial charge >= 0.3 is 0 Å². The zero-order valence-electron chi connectivity index (χ0n) is 15.5. The minimum absolute atomic E-state index is 0.0407. The molecule has 0 radical (unpaired) electrons. The minimum Gasteiger partial charge on any atom is -0.355 e. The molecule has 1 saturated heterocycles. The van der Waals surface area contributed by atoms with Crippen molar-refractivity contribution in [2.24, 2.45) is 0 Å². The molecule has 0 saturated carbocycles. The van der Waals surface area contributed by atoms with Crippen LogP contribution in [0.15, 0.2) is 52.4 Å². The molecule has 0 bridgehead atoms. The van der Waals surface area contributed by atoms with Gasteiger partial charge < -0.3 is 9.47 Å². The van der Waals surface area contributed by atoms with E-state index in [0.29, 0.717) is 23.9 Å². The maximum absolute atomic E-state index is 13.3. The lowest BCUT2D eigenvalue weighted by atomic mass is 10.1. The third kappa shape index (κ3) is 3.93. The molecule has 2 heterocycles. The number of aromatic nitrogens is 2. The van der Waals surface area contributed by atoms with Gasteiger partial charge in [0.15, 0.2) is 5.16 Å². The SMILES string of the molecule is Cc1cc(C)cc(-n2c(SC[C@@H]3CCOCO3)nc3ccccc3c2=O)c1. The van der Waals surface area contributed by atoms with Crippen molar-refractivity contribution in [2.45, 2.75) is 31.5 Å². The maximum atomic E-state index is 13.3. The number of rotatable bonds is 4. The van der Waals surface area contributed by atoms with E-state index in [1.54, 1.807) is 16.3 Å². The third-order valence-electron chi connectivity index (χ3n) is 4.58. The van der Waals surface area contributed by atoms with E-state index in [2.05, 4.69) is 6.07 Å². The van der Waals surface area contributed by atoms with Crippen LogP contribution >= 0.6 is 11.8 Å². The van der Waals surface area contributed by atoms with Crippen LogP contribution in [0.4, 0.5) is 0 Å². The van der Waals surface area contributed by atoms with Gasteiger partial charge in [-0.05, 0) is 55.7 Å². The first-order chi connectivity index (χ1) is 13.1. The van der Waals surface area contributed by atoms with Crippen LogP contribution in [0.2, 0.25) is 0 Å². The lowest BCUT2D eigenvalue weighted by Gasteiger charge is -2.22. The summed E-state index contributed by atoms with van der Waals surface area (Å²) in [5.41, 5.74) is 3.77. The summed E-state index contributed by atoms with van der Waals surface area (Å²) >= 11 is 1.56. The van der Waals surface area contributed by atoms with E-state index in [1.807, 2.05) is 50.2 Å². The second kappa shape index (κ2) is 7.84. The van der Waals surface area contributed by atoms with Gasteiger partial charge in [0.1, 0.15) is 6.79 Å². The number of fused-ring (bicyclic) bond motifs is 1. The van der Waals surface area contributed by atoms with Gasteiger partial charge in [0.25, 0.3) is 5.56 Å². The first-order valence-corrected chi connectivity index (χ1v) is 10.0. The number of benzene rings is 2. The molecule has 5 nitrogen and oxygen atoms in total. The normalized spacial score (nSPS) is 17.3. The van der Waals surface area contributed by atoms with Gasteiger partial charge in [0, 0.05) is 5.75 Å². The molecule has 1 atom stereocenters. The molecule has 6 heteroatoms. The highest BCUT2D eigenvalue weighted by molar-refractivity contribution is 7.99. The van der Waals surface area contributed by atoms with Crippen LogP contribution in [0.25, 0.3) is 16.6 Å². The molecule has 0 aliphatic carbocycles. The fraction of sp³-hybridized carbons (Fsp3) is 0.333. The van der Waals surface area contributed by atoms with Crippen molar-refractivity contribution < 1.29 is 9.47 Å². The quantitative estimate of drug-likeness (QED) is 0.507. The number of para-hydroxylation sites is 1. The molecule has 27 heavy (non-hydrogen) atoms. The van der Waals surface area contributed by atoms with Gasteiger partial charge in [-0.2, -0.15) is 0 Å². The van der Waals surface area contributed by atoms with E-state index < -0.39 is 0 Å². The molecule has 4 rings (SSSR count). The summed E-state index contributed by atoms with van der Waals surface area (Å²) in [6.45, 7) is 5.12. The topological polar surface area (TPSA) is 53.4 Å². The maximum Gasteiger partial charge on any atom is 0.266 e. The second-order valence-electron chi connectivity index (χ2n) is 6.81. The summed E-state index contributed by atoms with van der Waals surface area (Å²) in [6, 6.07) is 13.7. The van der Waals surface area contributed by atoms with Crippen molar-refractivity contribution in [3.8, 4) is 5.69 Å².